The first-order chi connectivity index (χ1) is 13.0. The molecule has 2 amide bonds. The van der Waals surface area contributed by atoms with Crippen LogP contribution in [-0.4, -0.2) is 35.0 Å². The zero-order valence-corrected chi connectivity index (χ0v) is 16.0. The van der Waals surface area contributed by atoms with Gasteiger partial charge in [0.15, 0.2) is 5.76 Å². The van der Waals surface area contributed by atoms with E-state index >= 15 is 0 Å². The summed E-state index contributed by atoms with van der Waals surface area (Å²) in [4.78, 5) is 27.3. The van der Waals surface area contributed by atoms with Crippen LogP contribution in [0.25, 0.3) is 0 Å². The van der Waals surface area contributed by atoms with E-state index < -0.39 is 0 Å². The van der Waals surface area contributed by atoms with Gasteiger partial charge in [0.1, 0.15) is 11.4 Å². The monoisotopic (exact) mass is 387 g/mol. The van der Waals surface area contributed by atoms with Crippen molar-refractivity contribution in [3.63, 3.8) is 0 Å². The summed E-state index contributed by atoms with van der Waals surface area (Å²) in [5, 5.41) is 7.60. The molecule has 2 heterocycles. The third kappa shape index (κ3) is 3.86. The van der Waals surface area contributed by atoms with E-state index in [4.69, 9.17) is 16.1 Å². The lowest BCUT2D eigenvalue weighted by Gasteiger charge is -2.32. The number of piperidine rings is 1. The summed E-state index contributed by atoms with van der Waals surface area (Å²) < 4.78 is 5.39. The van der Waals surface area contributed by atoms with Gasteiger partial charge in [-0.15, -0.1) is 0 Å². The van der Waals surface area contributed by atoms with Gasteiger partial charge in [0.2, 0.25) is 5.91 Å². The lowest BCUT2D eigenvalue weighted by atomic mass is 9.96. The summed E-state index contributed by atoms with van der Waals surface area (Å²) in [7, 11) is 0. The first-order valence-electron chi connectivity index (χ1n) is 9.35. The maximum atomic E-state index is 12.8. The summed E-state index contributed by atoms with van der Waals surface area (Å²) >= 11 is 5.90. The molecule has 1 aromatic heterocycles. The van der Waals surface area contributed by atoms with Crippen LogP contribution in [0.15, 0.2) is 28.8 Å². The second-order valence-electron chi connectivity index (χ2n) is 7.37. The number of benzene rings is 1. The molecular formula is C20H22ClN3O3. The van der Waals surface area contributed by atoms with E-state index in [0.29, 0.717) is 41.0 Å². The van der Waals surface area contributed by atoms with Gasteiger partial charge in [-0.2, -0.15) is 0 Å². The van der Waals surface area contributed by atoms with Crippen LogP contribution in [0, 0.1) is 12.8 Å². The topological polar surface area (TPSA) is 75.4 Å². The zero-order valence-electron chi connectivity index (χ0n) is 15.2. The first kappa shape index (κ1) is 18.0. The van der Waals surface area contributed by atoms with Crippen molar-refractivity contribution in [1.82, 2.24) is 10.1 Å². The van der Waals surface area contributed by atoms with Gasteiger partial charge < -0.3 is 14.7 Å². The molecule has 0 spiro atoms. The van der Waals surface area contributed by atoms with E-state index in [9.17, 15) is 9.59 Å². The van der Waals surface area contributed by atoms with Crippen LogP contribution < -0.4 is 5.32 Å². The van der Waals surface area contributed by atoms with Crippen molar-refractivity contribution in [2.24, 2.45) is 5.92 Å². The minimum absolute atomic E-state index is 0.0657. The molecule has 2 aliphatic rings. The number of nitrogens with zero attached hydrogens (tertiary/aromatic N) is 2. The highest BCUT2D eigenvalue weighted by Crippen LogP contribution is 2.44. The second-order valence-corrected chi connectivity index (χ2v) is 7.80. The van der Waals surface area contributed by atoms with Crippen LogP contribution in [0.5, 0.6) is 0 Å². The standard InChI is InChI=1S/C20H22ClN3O3/c1-12-17(18(27-23-12)13-4-5-13)22-19(25)15-3-2-10-24(11-15)20(26)14-6-8-16(21)9-7-14/h6-9,13,15H,2-5,10-11H2,1H3,(H,22,25)/t15-/m0/s1. The maximum absolute atomic E-state index is 12.8. The van der Waals surface area contributed by atoms with Crippen molar-refractivity contribution in [3.05, 3.63) is 46.3 Å². The zero-order chi connectivity index (χ0) is 19.0. The van der Waals surface area contributed by atoms with E-state index in [-0.39, 0.29) is 17.7 Å². The number of rotatable bonds is 4. The summed E-state index contributed by atoms with van der Waals surface area (Å²) in [6.45, 7) is 2.91. The van der Waals surface area contributed by atoms with Crippen LogP contribution in [0.4, 0.5) is 5.69 Å². The Hall–Kier alpha value is -2.34. The van der Waals surface area contributed by atoms with Crippen LogP contribution in [-0.2, 0) is 4.79 Å². The van der Waals surface area contributed by atoms with Crippen molar-refractivity contribution in [2.75, 3.05) is 18.4 Å². The largest absolute Gasteiger partial charge is 0.359 e. The van der Waals surface area contributed by atoms with Crippen molar-refractivity contribution < 1.29 is 14.1 Å². The van der Waals surface area contributed by atoms with Crippen molar-refractivity contribution in [1.29, 1.82) is 0 Å². The molecule has 1 aliphatic carbocycles. The molecule has 2 aromatic rings. The highest BCUT2D eigenvalue weighted by Gasteiger charge is 2.34. The fourth-order valence-electron chi connectivity index (χ4n) is 3.54. The van der Waals surface area contributed by atoms with E-state index in [1.807, 2.05) is 6.92 Å². The number of carbonyl (C=O) groups is 2. The van der Waals surface area contributed by atoms with Crippen molar-refractivity contribution in [3.8, 4) is 0 Å². The minimum atomic E-state index is -0.239. The lowest BCUT2D eigenvalue weighted by molar-refractivity contribution is -0.121. The van der Waals surface area contributed by atoms with Gasteiger partial charge in [-0.3, -0.25) is 9.59 Å². The molecule has 1 saturated heterocycles. The van der Waals surface area contributed by atoms with Crippen LogP contribution in [0.1, 0.15) is 53.4 Å². The molecule has 7 heteroatoms. The molecule has 1 N–H and O–H groups in total. The quantitative estimate of drug-likeness (QED) is 0.860. The molecule has 2 fully saturated rings. The van der Waals surface area contributed by atoms with Crippen LogP contribution in [0.3, 0.4) is 0 Å². The predicted octanol–water partition coefficient (Wildman–Crippen LogP) is 4.00. The molecule has 0 bridgehead atoms. The van der Waals surface area contributed by atoms with Crippen molar-refractivity contribution in [2.45, 2.75) is 38.5 Å². The number of hydrogen-bond donors (Lipinski definition) is 1. The highest BCUT2D eigenvalue weighted by molar-refractivity contribution is 6.30. The molecule has 0 unspecified atom stereocenters. The van der Waals surface area contributed by atoms with Gasteiger partial charge in [0, 0.05) is 29.6 Å². The molecule has 1 saturated carbocycles. The third-order valence-corrected chi connectivity index (χ3v) is 5.51. The maximum Gasteiger partial charge on any atom is 0.253 e. The molecule has 6 nitrogen and oxygen atoms in total. The lowest BCUT2D eigenvalue weighted by Crippen LogP contribution is -2.43. The molecule has 142 valence electrons. The van der Waals surface area contributed by atoms with Crippen LogP contribution >= 0.6 is 11.6 Å². The number of anilines is 1. The molecule has 0 radical (unpaired) electrons. The minimum Gasteiger partial charge on any atom is -0.359 e. The average molecular weight is 388 g/mol. The summed E-state index contributed by atoms with van der Waals surface area (Å²) in [6, 6.07) is 6.85. The molecule has 1 aromatic carbocycles. The van der Waals surface area contributed by atoms with Gasteiger partial charge in [-0.05, 0) is 56.9 Å². The molecule has 4 rings (SSSR count). The fraction of sp³-hybridized carbons (Fsp3) is 0.450. The van der Waals surface area contributed by atoms with Crippen molar-refractivity contribution >= 4 is 29.1 Å². The van der Waals surface area contributed by atoms with E-state index in [1.165, 1.54) is 0 Å². The van der Waals surface area contributed by atoms with Gasteiger partial charge in [0.25, 0.3) is 5.91 Å². The normalized spacial score (nSPS) is 19.8. The molecule has 1 aliphatic heterocycles. The summed E-state index contributed by atoms with van der Waals surface area (Å²) in [5.41, 5.74) is 2.00. The second kappa shape index (κ2) is 7.35. The average Bonchev–Trinajstić information content (AvgIpc) is 3.46. The summed E-state index contributed by atoms with van der Waals surface area (Å²) in [6.07, 6.45) is 3.71. The Kier molecular flexibility index (Phi) is 4.91. The predicted molar refractivity (Wildman–Crippen MR) is 102 cm³/mol. The van der Waals surface area contributed by atoms with Gasteiger partial charge in [-0.25, -0.2) is 0 Å². The Balaban J connectivity index is 1.43. The SMILES string of the molecule is Cc1noc(C2CC2)c1NC(=O)[C@H]1CCCN(C(=O)c2ccc(Cl)cc2)C1. The van der Waals surface area contributed by atoms with Crippen LogP contribution in [0.2, 0.25) is 5.02 Å². The first-order valence-corrected chi connectivity index (χ1v) is 9.72. The Labute approximate surface area is 162 Å². The molecular weight excluding hydrogens is 366 g/mol. The molecule has 27 heavy (non-hydrogen) atoms. The smallest absolute Gasteiger partial charge is 0.253 e. The number of hydrogen-bond acceptors (Lipinski definition) is 4. The number of amides is 2. The number of aromatic nitrogens is 1. The fourth-order valence-corrected chi connectivity index (χ4v) is 3.67. The van der Waals surface area contributed by atoms with Gasteiger partial charge >= 0.3 is 0 Å². The number of halogens is 1. The van der Waals surface area contributed by atoms with Gasteiger partial charge in [0.05, 0.1) is 5.92 Å². The number of nitrogens with one attached hydrogen (secondary N) is 1. The molecule has 1 atom stereocenters. The number of carbonyl (C=O) groups excluding carboxylic acids is 2. The number of likely N-dealkylation sites (tertiary alicyclic amines) is 1. The number of aryl methyl sites for hydroxylation is 1. The van der Waals surface area contributed by atoms with E-state index in [2.05, 4.69) is 10.5 Å². The van der Waals surface area contributed by atoms with E-state index in [0.717, 1.165) is 31.4 Å². The van der Waals surface area contributed by atoms with E-state index in [1.54, 1.807) is 29.2 Å². The van der Waals surface area contributed by atoms with Gasteiger partial charge in [-0.1, -0.05) is 16.8 Å². The highest BCUT2D eigenvalue weighted by atomic mass is 35.5. The third-order valence-electron chi connectivity index (χ3n) is 5.26. The Morgan fingerprint density at radius 2 is 1.96 bits per heavy atom. The summed E-state index contributed by atoms with van der Waals surface area (Å²) in [5.74, 6) is 0.777. The Bertz CT molecular complexity index is 858. The Morgan fingerprint density at radius 3 is 2.67 bits per heavy atom. The Morgan fingerprint density at radius 1 is 1.22 bits per heavy atom.